The number of rotatable bonds is 2. The van der Waals surface area contributed by atoms with Crippen molar-refractivity contribution in [1.29, 1.82) is 0 Å². The fourth-order valence-corrected chi connectivity index (χ4v) is 1.63. The second-order valence-corrected chi connectivity index (χ2v) is 3.46. The van der Waals surface area contributed by atoms with E-state index in [1.54, 1.807) is 30.3 Å². The Bertz CT molecular complexity index is 474. The summed E-state index contributed by atoms with van der Waals surface area (Å²) in [6, 6.07) is 8.59. The van der Waals surface area contributed by atoms with E-state index in [1.807, 2.05) is 0 Å². The van der Waals surface area contributed by atoms with Gasteiger partial charge >= 0.3 is 11.8 Å². The SMILES string of the molecule is O=C1C(=O)N([N+](=O)[O-])CCN1c1ccccc1. The molecule has 0 radical (unpaired) electrons. The van der Waals surface area contributed by atoms with Gasteiger partial charge in [-0.3, -0.25) is 9.59 Å². The lowest BCUT2D eigenvalue weighted by Gasteiger charge is -2.27. The molecule has 1 heterocycles. The first kappa shape index (κ1) is 11.1. The molecule has 1 aromatic rings. The van der Waals surface area contributed by atoms with Gasteiger partial charge in [-0.25, -0.2) is 10.1 Å². The summed E-state index contributed by atoms with van der Waals surface area (Å²) >= 11 is 0. The number of hydrogen-bond acceptors (Lipinski definition) is 4. The number of benzene rings is 1. The van der Waals surface area contributed by atoms with E-state index in [2.05, 4.69) is 0 Å². The Balaban J connectivity index is 2.23. The van der Waals surface area contributed by atoms with Crippen molar-refractivity contribution in [3.63, 3.8) is 0 Å². The van der Waals surface area contributed by atoms with Crippen molar-refractivity contribution in [1.82, 2.24) is 5.01 Å². The van der Waals surface area contributed by atoms with E-state index in [1.165, 1.54) is 4.90 Å². The van der Waals surface area contributed by atoms with E-state index in [4.69, 9.17) is 0 Å². The number of carbonyl (C=O) groups excluding carboxylic acids is 2. The van der Waals surface area contributed by atoms with E-state index < -0.39 is 16.8 Å². The maximum atomic E-state index is 11.7. The number of nitrogens with zero attached hydrogens (tertiary/aromatic N) is 3. The first-order valence-electron chi connectivity index (χ1n) is 4.94. The van der Waals surface area contributed by atoms with Crippen LogP contribution < -0.4 is 4.90 Å². The fourth-order valence-electron chi connectivity index (χ4n) is 1.63. The van der Waals surface area contributed by atoms with Crippen LogP contribution in [0.25, 0.3) is 0 Å². The number of hydrogen-bond donors (Lipinski definition) is 0. The molecule has 1 aliphatic rings. The van der Waals surface area contributed by atoms with Crippen molar-refractivity contribution in [2.45, 2.75) is 0 Å². The summed E-state index contributed by atoms with van der Waals surface area (Å²) in [4.78, 5) is 34.8. The molecule has 0 aromatic heterocycles. The quantitative estimate of drug-likeness (QED) is 0.412. The molecule has 1 fully saturated rings. The summed E-state index contributed by atoms with van der Waals surface area (Å²) < 4.78 is 0. The van der Waals surface area contributed by atoms with Crippen LogP contribution in [-0.2, 0) is 9.59 Å². The van der Waals surface area contributed by atoms with Crippen molar-refractivity contribution >= 4 is 17.5 Å². The number of anilines is 1. The number of carbonyl (C=O) groups is 2. The van der Waals surface area contributed by atoms with Crippen molar-refractivity contribution < 1.29 is 14.6 Å². The molecule has 1 aromatic carbocycles. The molecule has 0 spiro atoms. The lowest BCUT2D eigenvalue weighted by Crippen LogP contribution is -2.56. The van der Waals surface area contributed by atoms with E-state index >= 15 is 0 Å². The number of hydrazine groups is 1. The summed E-state index contributed by atoms with van der Waals surface area (Å²) in [7, 11) is 0. The first-order valence-corrected chi connectivity index (χ1v) is 4.94. The molecule has 0 N–H and O–H groups in total. The molecule has 0 aliphatic carbocycles. The van der Waals surface area contributed by atoms with Gasteiger partial charge in [0.1, 0.15) is 6.54 Å². The zero-order valence-corrected chi connectivity index (χ0v) is 8.78. The predicted octanol–water partition coefficient (Wildman–Crippen LogP) is 0.0535. The molecule has 0 bridgehead atoms. The number of para-hydroxylation sites is 1. The van der Waals surface area contributed by atoms with E-state index in [9.17, 15) is 19.7 Å². The molecular weight excluding hydrogens is 226 g/mol. The van der Waals surface area contributed by atoms with E-state index in [0.29, 0.717) is 10.7 Å². The zero-order valence-electron chi connectivity index (χ0n) is 8.78. The van der Waals surface area contributed by atoms with Crippen LogP contribution >= 0.6 is 0 Å². The Labute approximate surface area is 96.4 Å². The predicted molar refractivity (Wildman–Crippen MR) is 57.5 cm³/mol. The lowest BCUT2D eigenvalue weighted by molar-refractivity contribution is -0.633. The van der Waals surface area contributed by atoms with Crippen LogP contribution in [0.4, 0.5) is 5.69 Å². The Morgan fingerprint density at radius 1 is 1.06 bits per heavy atom. The molecule has 7 heteroatoms. The van der Waals surface area contributed by atoms with Crippen LogP contribution in [-0.4, -0.2) is 34.9 Å². The Hall–Kier alpha value is -2.44. The Morgan fingerprint density at radius 3 is 2.29 bits per heavy atom. The van der Waals surface area contributed by atoms with Crippen molar-refractivity contribution in [2.75, 3.05) is 18.0 Å². The maximum absolute atomic E-state index is 11.7. The highest BCUT2D eigenvalue weighted by Crippen LogP contribution is 2.16. The molecule has 2 rings (SSSR count). The molecule has 88 valence electrons. The summed E-state index contributed by atoms with van der Waals surface area (Å²) in [5, 5.41) is 9.97. The third-order valence-electron chi connectivity index (χ3n) is 2.46. The van der Waals surface area contributed by atoms with Gasteiger partial charge in [-0.15, -0.1) is 0 Å². The average Bonchev–Trinajstić information content (AvgIpc) is 2.33. The number of amides is 2. The average molecular weight is 235 g/mol. The highest BCUT2D eigenvalue weighted by Gasteiger charge is 2.39. The Kier molecular flexibility index (Phi) is 2.73. The van der Waals surface area contributed by atoms with Gasteiger partial charge in [-0.05, 0) is 17.1 Å². The van der Waals surface area contributed by atoms with E-state index in [0.717, 1.165) is 0 Å². The molecule has 7 nitrogen and oxygen atoms in total. The fraction of sp³-hybridized carbons (Fsp3) is 0.200. The monoisotopic (exact) mass is 235 g/mol. The second-order valence-electron chi connectivity index (χ2n) is 3.46. The smallest absolute Gasteiger partial charge is 0.302 e. The van der Waals surface area contributed by atoms with Crippen LogP contribution in [0.3, 0.4) is 0 Å². The van der Waals surface area contributed by atoms with E-state index in [-0.39, 0.29) is 13.1 Å². The van der Waals surface area contributed by atoms with Crippen molar-refractivity contribution in [2.24, 2.45) is 0 Å². The van der Waals surface area contributed by atoms with Gasteiger partial charge < -0.3 is 4.90 Å². The lowest BCUT2D eigenvalue weighted by atomic mass is 10.2. The third-order valence-corrected chi connectivity index (χ3v) is 2.46. The van der Waals surface area contributed by atoms with Gasteiger partial charge in [0, 0.05) is 5.69 Å². The normalized spacial score (nSPS) is 16.2. The molecular formula is C10H9N3O4. The van der Waals surface area contributed by atoms with Gasteiger partial charge in [-0.1, -0.05) is 18.2 Å². The summed E-state index contributed by atoms with van der Waals surface area (Å²) in [5.41, 5.74) is 0.564. The summed E-state index contributed by atoms with van der Waals surface area (Å²) in [6.45, 7) is 0.0159. The second kappa shape index (κ2) is 4.20. The van der Waals surface area contributed by atoms with Crippen molar-refractivity contribution in [3.05, 3.63) is 40.4 Å². The Morgan fingerprint density at radius 2 is 1.71 bits per heavy atom. The van der Waals surface area contributed by atoms with Crippen LogP contribution in [0.5, 0.6) is 0 Å². The topological polar surface area (TPSA) is 83.8 Å². The number of piperazine rings is 1. The summed E-state index contributed by atoms with van der Waals surface area (Å²) in [6.07, 6.45) is 0. The molecule has 1 saturated heterocycles. The molecule has 1 aliphatic heterocycles. The largest absolute Gasteiger partial charge is 0.371 e. The minimum atomic E-state index is -1.11. The van der Waals surface area contributed by atoms with Crippen LogP contribution in [0.15, 0.2) is 30.3 Å². The van der Waals surface area contributed by atoms with Crippen LogP contribution in [0.1, 0.15) is 0 Å². The molecule has 2 amide bonds. The third kappa shape index (κ3) is 1.94. The standard InChI is InChI=1S/C10H9N3O4/c14-9-10(15)12(13(16)17)7-6-11(9)8-4-2-1-3-5-8/h1-5H,6-7H2. The van der Waals surface area contributed by atoms with Gasteiger partial charge in [0.15, 0.2) is 5.03 Å². The van der Waals surface area contributed by atoms with Gasteiger partial charge in [0.05, 0.1) is 6.54 Å². The molecule has 0 saturated carbocycles. The maximum Gasteiger partial charge on any atom is 0.371 e. The minimum Gasteiger partial charge on any atom is -0.302 e. The van der Waals surface area contributed by atoms with Gasteiger partial charge in [0.2, 0.25) is 0 Å². The highest BCUT2D eigenvalue weighted by molar-refractivity contribution is 6.40. The number of nitro groups is 1. The van der Waals surface area contributed by atoms with Gasteiger partial charge in [0.25, 0.3) is 0 Å². The summed E-state index contributed by atoms with van der Waals surface area (Å²) in [5.74, 6) is -1.98. The zero-order chi connectivity index (χ0) is 12.4. The van der Waals surface area contributed by atoms with Crippen LogP contribution in [0, 0.1) is 10.1 Å². The highest BCUT2D eigenvalue weighted by atomic mass is 16.7. The molecule has 17 heavy (non-hydrogen) atoms. The molecule has 0 unspecified atom stereocenters. The molecule has 0 atom stereocenters. The van der Waals surface area contributed by atoms with Crippen LogP contribution in [0.2, 0.25) is 0 Å². The minimum absolute atomic E-state index is 0.105. The van der Waals surface area contributed by atoms with Gasteiger partial charge in [-0.2, -0.15) is 0 Å². The first-order chi connectivity index (χ1) is 8.11. The van der Waals surface area contributed by atoms with Crippen molar-refractivity contribution in [3.8, 4) is 0 Å².